The van der Waals surface area contributed by atoms with Gasteiger partial charge in [0.15, 0.2) is 0 Å². The zero-order valence-electron chi connectivity index (χ0n) is 17.1. The monoisotopic (exact) mass is 401 g/mol. The summed E-state index contributed by atoms with van der Waals surface area (Å²) in [6.07, 6.45) is 5.29. The summed E-state index contributed by atoms with van der Waals surface area (Å²) < 4.78 is 5.14. The van der Waals surface area contributed by atoms with E-state index in [2.05, 4.69) is 9.80 Å². The van der Waals surface area contributed by atoms with E-state index < -0.39 is 6.10 Å². The second kappa shape index (κ2) is 8.71. The minimum Gasteiger partial charge on any atom is -0.497 e. The Balaban J connectivity index is 1.36. The molecule has 1 saturated carbocycles. The molecule has 1 aromatic carbocycles. The Morgan fingerprint density at radius 2 is 1.79 bits per heavy atom. The molecule has 0 unspecified atom stereocenters. The average Bonchev–Trinajstić information content (AvgIpc) is 3.15. The van der Waals surface area contributed by atoms with Gasteiger partial charge in [-0.3, -0.25) is 14.5 Å². The number of nitrogens with zero attached hydrogens (tertiary/aromatic N) is 3. The maximum atomic E-state index is 12.8. The Kier molecular flexibility index (Phi) is 6.06. The lowest BCUT2D eigenvalue weighted by molar-refractivity contribution is -0.141. The summed E-state index contributed by atoms with van der Waals surface area (Å²) in [5.74, 6) is 0.770. The van der Waals surface area contributed by atoms with Gasteiger partial charge in [-0.15, -0.1) is 0 Å². The normalized spacial score (nSPS) is 26.8. The largest absolute Gasteiger partial charge is 0.497 e. The van der Waals surface area contributed by atoms with E-state index >= 15 is 0 Å². The SMILES string of the molecule is COc1ccc(C(=O)N2C[C@H](O)[C@@H](N3CCN(C4CCCCC4)C(=O)C3)C2)cc1. The number of hydrogen-bond acceptors (Lipinski definition) is 5. The fourth-order valence-corrected chi connectivity index (χ4v) is 4.98. The Morgan fingerprint density at radius 3 is 2.45 bits per heavy atom. The highest BCUT2D eigenvalue weighted by Crippen LogP contribution is 2.26. The molecule has 0 aromatic heterocycles. The van der Waals surface area contributed by atoms with Crippen LogP contribution in [0.15, 0.2) is 24.3 Å². The number of ether oxygens (including phenoxy) is 1. The molecule has 7 nitrogen and oxygen atoms in total. The third-order valence-corrected chi connectivity index (χ3v) is 6.65. The van der Waals surface area contributed by atoms with Gasteiger partial charge in [0.25, 0.3) is 5.91 Å². The van der Waals surface area contributed by atoms with Crippen LogP contribution in [0.3, 0.4) is 0 Å². The molecule has 4 rings (SSSR count). The van der Waals surface area contributed by atoms with Crippen molar-refractivity contribution in [1.29, 1.82) is 0 Å². The number of amides is 2. The standard InChI is InChI=1S/C22H31N3O4/c1-29-18-9-7-16(8-10-18)22(28)24-13-19(20(26)14-24)23-11-12-25(21(27)15-23)17-5-3-2-4-6-17/h7-10,17,19-20,26H,2-6,11-15H2,1H3/t19-,20-/m0/s1. The van der Waals surface area contributed by atoms with Crippen LogP contribution in [-0.4, -0.2) is 89.6 Å². The molecule has 7 heteroatoms. The first-order valence-corrected chi connectivity index (χ1v) is 10.7. The molecule has 0 radical (unpaired) electrons. The van der Waals surface area contributed by atoms with E-state index in [1.807, 2.05) is 0 Å². The van der Waals surface area contributed by atoms with Crippen LogP contribution in [0, 0.1) is 0 Å². The van der Waals surface area contributed by atoms with Crippen LogP contribution in [0.1, 0.15) is 42.5 Å². The highest BCUT2D eigenvalue weighted by molar-refractivity contribution is 5.94. The summed E-state index contributed by atoms with van der Waals surface area (Å²) in [4.78, 5) is 31.4. The zero-order chi connectivity index (χ0) is 20.4. The van der Waals surface area contributed by atoms with Gasteiger partial charge in [0.05, 0.1) is 25.8 Å². The number of hydrogen-bond donors (Lipinski definition) is 1. The van der Waals surface area contributed by atoms with Crippen LogP contribution in [0.25, 0.3) is 0 Å². The molecule has 2 amide bonds. The van der Waals surface area contributed by atoms with Crippen LogP contribution < -0.4 is 4.74 Å². The average molecular weight is 402 g/mol. The first-order chi connectivity index (χ1) is 14.1. The summed E-state index contributed by atoms with van der Waals surface area (Å²) in [6.45, 7) is 2.56. The molecule has 2 heterocycles. The topological polar surface area (TPSA) is 73.3 Å². The highest BCUT2D eigenvalue weighted by Gasteiger charge is 2.41. The molecule has 1 aromatic rings. The van der Waals surface area contributed by atoms with Crippen molar-refractivity contribution in [3.8, 4) is 5.75 Å². The molecule has 0 bridgehead atoms. The van der Waals surface area contributed by atoms with Crippen LogP contribution in [0.2, 0.25) is 0 Å². The van der Waals surface area contributed by atoms with E-state index in [4.69, 9.17) is 4.74 Å². The molecule has 2 atom stereocenters. The molecular formula is C22H31N3O4. The predicted molar refractivity (Wildman–Crippen MR) is 109 cm³/mol. The first kappa shape index (κ1) is 20.2. The van der Waals surface area contributed by atoms with Crippen molar-refractivity contribution in [1.82, 2.24) is 14.7 Å². The van der Waals surface area contributed by atoms with Crippen molar-refractivity contribution >= 4 is 11.8 Å². The molecule has 1 aliphatic carbocycles. The third kappa shape index (κ3) is 4.26. The lowest BCUT2D eigenvalue weighted by Crippen LogP contribution is -2.58. The Labute approximate surface area is 172 Å². The minimum atomic E-state index is -0.633. The van der Waals surface area contributed by atoms with Crippen molar-refractivity contribution in [3.05, 3.63) is 29.8 Å². The summed E-state index contributed by atoms with van der Waals surface area (Å²) in [6, 6.07) is 7.22. The minimum absolute atomic E-state index is 0.0960. The number of benzene rings is 1. The number of β-amino-alcohol motifs (C(OH)–C–C–N with tert-alkyl or cyclic N) is 1. The maximum Gasteiger partial charge on any atom is 0.254 e. The Hall–Kier alpha value is -2.12. The van der Waals surface area contributed by atoms with Crippen molar-refractivity contribution in [2.24, 2.45) is 0 Å². The molecule has 2 saturated heterocycles. The van der Waals surface area contributed by atoms with Gasteiger partial charge in [-0.1, -0.05) is 19.3 Å². The second-order valence-electron chi connectivity index (χ2n) is 8.42. The second-order valence-corrected chi connectivity index (χ2v) is 8.42. The van der Waals surface area contributed by atoms with Gasteiger partial charge in [0.1, 0.15) is 5.75 Å². The summed E-state index contributed by atoms with van der Waals surface area (Å²) in [5, 5.41) is 10.6. The molecule has 3 fully saturated rings. The van der Waals surface area contributed by atoms with Gasteiger partial charge in [-0.25, -0.2) is 0 Å². The van der Waals surface area contributed by atoms with E-state index in [1.165, 1.54) is 19.3 Å². The number of piperazine rings is 1. The fourth-order valence-electron chi connectivity index (χ4n) is 4.98. The zero-order valence-corrected chi connectivity index (χ0v) is 17.1. The van der Waals surface area contributed by atoms with Crippen molar-refractivity contribution < 1.29 is 19.4 Å². The van der Waals surface area contributed by atoms with Crippen molar-refractivity contribution in [3.63, 3.8) is 0 Å². The van der Waals surface area contributed by atoms with Gasteiger partial charge in [-0.2, -0.15) is 0 Å². The number of aliphatic hydroxyl groups excluding tert-OH is 1. The maximum absolute atomic E-state index is 12.8. The van der Waals surface area contributed by atoms with Crippen LogP contribution in [0.4, 0.5) is 0 Å². The third-order valence-electron chi connectivity index (χ3n) is 6.65. The predicted octanol–water partition coefficient (Wildman–Crippen LogP) is 1.36. The van der Waals surface area contributed by atoms with E-state index in [-0.39, 0.29) is 17.9 Å². The number of aliphatic hydroxyl groups is 1. The lowest BCUT2D eigenvalue weighted by atomic mass is 9.93. The fraction of sp³-hybridized carbons (Fsp3) is 0.636. The molecule has 1 N–H and O–H groups in total. The molecular weight excluding hydrogens is 370 g/mol. The van der Waals surface area contributed by atoms with Crippen LogP contribution in [0.5, 0.6) is 5.75 Å². The number of rotatable bonds is 4. The molecule has 29 heavy (non-hydrogen) atoms. The van der Waals surface area contributed by atoms with Gasteiger partial charge >= 0.3 is 0 Å². The Bertz CT molecular complexity index is 732. The van der Waals surface area contributed by atoms with Crippen molar-refractivity contribution in [2.75, 3.05) is 39.8 Å². The summed E-state index contributed by atoms with van der Waals surface area (Å²) in [7, 11) is 1.59. The summed E-state index contributed by atoms with van der Waals surface area (Å²) >= 11 is 0. The van der Waals surface area contributed by atoms with Gasteiger partial charge < -0.3 is 19.6 Å². The smallest absolute Gasteiger partial charge is 0.254 e. The molecule has 2 aliphatic heterocycles. The van der Waals surface area contributed by atoms with Crippen LogP contribution >= 0.6 is 0 Å². The lowest BCUT2D eigenvalue weighted by Gasteiger charge is -2.42. The summed E-state index contributed by atoms with van der Waals surface area (Å²) in [5.41, 5.74) is 0.580. The van der Waals surface area contributed by atoms with Gasteiger partial charge in [-0.05, 0) is 37.1 Å². The van der Waals surface area contributed by atoms with E-state index in [9.17, 15) is 14.7 Å². The number of carbonyl (C=O) groups excluding carboxylic acids is 2. The highest BCUT2D eigenvalue weighted by atomic mass is 16.5. The number of methoxy groups -OCH3 is 1. The Morgan fingerprint density at radius 1 is 1.07 bits per heavy atom. The quantitative estimate of drug-likeness (QED) is 0.825. The number of carbonyl (C=O) groups is 2. The van der Waals surface area contributed by atoms with E-state index in [0.717, 1.165) is 25.9 Å². The number of likely N-dealkylation sites (tertiary alicyclic amines) is 1. The first-order valence-electron chi connectivity index (χ1n) is 10.7. The molecule has 3 aliphatic rings. The molecule has 0 spiro atoms. The van der Waals surface area contributed by atoms with E-state index in [0.29, 0.717) is 37.0 Å². The molecule has 158 valence electrons. The van der Waals surface area contributed by atoms with E-state index in [1.54, 1.807) is 36.3 Å². The van der Waals surface area contributed by atoms with Gasteiger partial charge in [0, 0.05) is 37.8 Å². The van der Waals surface area contributed by atoms with Crippen LogP contribution in [-0.2, 0) is 4.79 Å². The van der Waals surface area contributed by atoms with Crippen molar-refractivity contribution in [2.45, 2.75) is 50.3 Å². The van der Waals surface area contributed by atoms with Gasteiger partial charge in [0.2, 0.25) is 5.91 Å².